The van der Waals surface area contributed by atoms with E-state index in [0.717, 1.165) is 14.5 Å². The van der Waals surface area contributed by atoms with Gasteiger partial charge in [-0.25, -0.2) is 0 Å². The first-order valence-corrected chi connectivity index (χ1v) is 13.0. The van der Waals surface area contributed by atoms with E-state index in [1.165, 1.54) is 0 Å². The highest BCUT2D eigenvalue weighted by atomic mass is 79.9. The van der Waals surface area contributed by atoms with Gasteiger partial charge in [-0.3, -0.25) is 9.59 Å². The average Bonchev–Trinajstić information content (AvgIpc) is 2.92. The number of halogens is 2. The highest BCUT2D eigenvalue weighted by molar-refractivity contribution is 9.10. The second-order valence-electron chi connectivity index (χ2n) is 8.09. The summed E-state index contributed by atoms with van der Waals surface area (Å²) in [6.07, 6.45) is -0.844. The first-order valence-electron chi connectivity index (χ1n) is 11.4. The van der Waals surface area contributed by atoms with Crippen LogP contribution >= 0.6 is 31.9 Å². The van der Waals surface area contributed by atoms with Gasteiger partial charge < -0.3 is 20.1 Å². The molecule has 0 aliphatic rings. The zero-order valence-electron chi connectivity index (χ0n) is 19.9. The monoisotopic (exact) mass is 622 g/mol. The number of ether oxygens (including phenoxy) is 2. The summed E-state index contributed by atoms with van der Waals surface area (Å²) in [4.78, 5) is 26.2. The van der Waals surface area contributed by atoms with Crippen LogP contribution in [0.1, 0.15) is 38.0 Å². The van der Waals surface area contributed by atoms with Gasteiger partial charge in [0, 0.05) is 20.1 Å². The molecule has 0 saturated heterocycles. The summed E-state index contributed by atoms with van der Waals surface area (Å²) in [6.45, 7) is 0.333. The number of carbonyl (C=O) groups is 2. The molecule has 0 fully saturated rings. The number of hydrogen-bond acceptors (Lipinski definition) is 4. The Kier molecular flexibility index (Phi) is 8.98. The molecule has 0 aliphatic heterocycles. The molecular formula is C29H24Br2N2O4. The quantitative estimate of drug-likeness (QED) is 0.205. The van der Waals surface area contributed by atoms with Crippen LogP contribution in [0.25, 0.3) is 0 Å². The lowest BCUT2D eigenvalue weighted by atomic mass is 10.1. The molecule has 0 aliphatic carbocycles. The summed E-state index contributed by atoms with van der Waals surface area (Å²) in [5.41, 5.74) is 2.52. The van der Waals surface area contributed by atoms with Gasteiger partial charge in [-0.15, -0.1) is 0 Å². The maximum absolute atomic E-state index is 13.1. The molecule has 4 aromatic rings. The fourth-order valence-corrected chi connectivity index (χ4v) is 4.41. The van der Waals surface area contributed by atoms with Crippen molar-refractivity contribution >= 4 is 43.7 Å². The largest absolute Gasteiger partial charge is 0.493 e. The van der Waals surface area contributed by atoms with Crippen LogP contribution in [0.15, 0.2) is 106 Å². The van der Waals surface area contributed by atoms with E-state index in [9.17, 15) is 9.59 Å². The number of nitrogens with one attached hydrogen (secondary N) is 2. The molecule has 8 heteroatoms. The Morgan fingerprint density at radius 2 is 1.32 bits per heavy atom. The van der Waals surface area contributed by atoms with Gasteiger partial charge in [-0.2, -0.15) is 0 Å². The van der Waals surface area contributed by atoms with E-state index in [0.29, 0.717) is 34.8 Å². The van der Waals surface area contributed by atoms with Crippen LogP contribution in [0.4, 0.5) is 0 Å². The van der Waals surface area contributed by atoms with E-state index in [1.54, 1.807) is 61.7 Å². The fourth-order valence-electron chi connectivity index (χ4n) is 3.61. The Morgan fingerprint density at radius 1 is 0.730 bits per heavy atom. The third kappa shape index (κ3) is 7.21. The van der Waals surface area contributed by atoms with E-state index in [-0.39, 0.29) is 11.8 Å². The van der Waals surface area contributed by atoms with Crippen LogP contribution in [-0.2, 0) is 6.61 Å². The predicted molar refractivity (Wildman–Crippen MR) is 150 cm³/mol. The summed E-state index contributed by atoms with van der Waals surface area (Å²) in [7, 11) is 1.56. The summed E-state index contributed by atoms with van der Waals surface area (Å²) >= 11 is 6.79. The third-order valence-corrected chi connectivity index (χ3v) is 6.47. The number of carbonyl (C=O) groups excluding carboxylic acids is 2. The molecule has 4 aromatic carbocycles. The number of hydrogen-bond donors (Lipinski definition) is 2. The summed E-state index contributed by atoms with van der Waals surface area (Å²) in [6, 6.07) is 29.1. The van der Waals surface area contributed by atoms with Crippen LogP contribution in [0, 0.1) is 0 Å². The molecule has 2 N–H and O–H groups in total. The van der Waals surface area contributed by atoms with Crippen LogP contribution in [0.5, 0.6) is 11.5 Å². The molecule has 0 atom stereocenters. The van der Waals surface area contributed by atoms with Crippen LogP contribution in [0.3, 0.4) is 0 Å². The molecule has 4 rings (SSSR count). The molecule has 0 spiro atoms. The number of amides is 2. The minimum atomic E-state index is -0.844. The summed E-state index contributed by atoms with van der Waals surface area (Å²) in [5, 5.41) is 5.86. The van der Waals surface area contributed by atoms with E-state index in [1.807, 2.05) is 42.5 Å². The van der Waals surface area contributed by atoms with E-state index >= 15 is 0 Å². The molecule has 6 nitrogen and oxygen atoms in total. The smallest absolute Gasteiger partial charge is 0.253 e. The minimum Gasteiger partial charge on any atom is -0.493 e. The Morgan fingerprint density at radius 3 is 1.86 bits per heavy atom. The molecule has 0 radical (unpaired) electrons. The van der Waals surface area contributed by atoms with Gasteiger partial charge >= 0.3 is 0 Å². The highest BCUT2D eigenvalue weighted by Gasteiger charge is 2.21. The number of rotatable bonds is 9. The number of methoxy groups -OCH3 is 1. The summed E-state index contributed by atoms with van der Waals surface area (Å²) < 4.78 is 13.1. The predicted octanol–water partition coefficient (Wildman–Crippen LogP) is 6.66. The minimum absolute atomic E-state index is 0.333. The van der Waals surface area contributed by atoms with Crippen molar-refractivity contribution in [1.82, 2.24) is 10.6 Å². The molecule has 0 heterocycles. The molecule has 0 unspecified atom stereocenters. The molecule has 188 valence electrons. The average molecular weight is 624 g/mol. The molecule has 37 heavy (non-hydrogen) atoms. The van der Waals surface area contributed by atoms with Crippen molar-refractivity contribution in [3.05, 3.63) is 128 Å². The standard InChI is InChI=1S/C29H24Br2N2O4/c1-36-25-14-13-20(17-26(25)37-18-19-7-3-2-4-8-19)27(32-28(34)21-9-5-11-23(30)15-21)33-29(35)22-10-6-12-24(31)16-22/h2-17,27H,18H2,1H3,(H,32,34)(H,33,35). The van der Waals surface area contributed by atoms with Gasteiger partial charge in [0.2, 0.25) is 0 Å². The van der Waals surface area contributed by atoms with Crippen molar-refractivity contribution in [2.75, 3.05) is 7.11 Å². The van der Waals surface area contributed by atoms with Crippen molar-refractivity contribution in [2.24, 2.45) is 0 Å². The number of benzene rings is 4. The zero-order chi connectivity index (χ0) is 26.2. The Balaban J connectivity index is 1.64. The lowest BCUT2D eigenvalue weighted by molar-refractivity contribution is 0.0883. The van der Waals surface area contributed by atoms with Crippen LogP contribution < -0.4 is 20.1 Å². The second kappa shape index (κ2) is 12.6. The maximum atomic E-state index is 13.1. The lowest BCUT2D eigenvalue weighted by Gasteiger charge is -2.22. The third-order valence-electron chi connectivity index (χ3n) is 5.48. The molecular weight excluding hydrogens is 600 g/mol. The van der Waals surface area contributed by atoms with Crippen molar-refractivity contribution in [3.8, 4) is 11.5 Å². The normalized spacial score (nSPS) is 10.6. The van der Waals surface area contributed by atoms with Gasteiger partial charge in [-0.1, -0.05) is 80.4 Å². The molecule has 0 aromatic heterocycles. The maximum Gasteiger partial charge on any atom is 0.253 e. The Labute approximate surface area is 232 Å². The van der Waals surface area contributed by atoms with Crippen LogP contribution in [-0.4, -0.2) is 18.9 Å². The fraction of sp³-hybridized carbons (Fsp3) is 0.103. The first kappa shape index (κ1) is 26.4. The zero-order valence-corrected chi connectivity index (χ0v) is 23.1. The first-order chi connectivity index (χ1) is 17.9. The Hall–Kier alpha value is -3.62. The van der Waals surface area contributed by atoms with Gasteiger partial charge in [0.1, 0.15) is 12.8 Å². The van der Waals surface area contributed by atoms with E-state index < -0.39 is 6.17 Å². The van der Waals surface area contributed by atoms with Gasteiger partial charge in [0.05, 0.1) is 7.11 Å². The van der Waals surface area contributed by atoms with Gasteiger partial charge in [-0.05, 0) is 59.7 Å². The molecule has 0 bridgehead atoms. The van der Waals surface area contributed by atoms with Crippen LogP contribution in [0.2, 0.25) is 0 Å². The van der Waals surface area contributed by atoms with Gasteiger partial charge in [0.15, 0.2) is 11.5 Å². The lowest BCUT2D eigenvalue weighted by Crippen LogP contribution is -2.41. The SMILES string of the molecule is COc1ccc(C(NC(=O)c2cccc(Br)c2)NC(=O)c2cccc(Br)c2)cc1OCc1ccccc1. The highest BCUT2D eigenvalue weighted by Crippen LogP contribution is 2.31. The molecule has 0 saturated carbocycles. The summed E-state index contributed by atoms with van der Waals surface area (Å²) in [5.74, 6) is 0.337. The van der Waals surface area contributed by atoms with Crippen molar-refractivity contribution in [3.63, 3.8) is 0 Å². The van der Waals surface area contributed by atoms with Crippen molar-refractivity contribution in [1.29, 1.82) is 0 Å². The van der Waals surface area contributed by atoms with E-state index in [2.05, 4.69) is 42.5 Å². The van der Waals surface area contributed by atoms with Gasteiger partial charge in [0.25, 0.3) is 11.8 Å². The van der Waals surface area contributed by atoms with Crippen molar-refractivity contribution in [2.45, 2.75) is 12.8 Å². The topological polar surface area (TPSA) is 76.7 Å². The Bertz CT molecular complexity index is 1340. The van der Waals surface area contributed by atoms with E-state index in [4.69, 9.17) is 9.47 Å². The molecule has 2 amide bonds. The van der Waals surface area contributed by atoms with Crippen molar-refractivity contribution < 1.29 is 19.1 Å². The second-order valence-corrected chi connectivity index (χ2v) is 9.92.